The van der Waals surface area contributed by atoms with E-state index in [0.29, 0.717) is 30.1 Å². The number of carbonyl (C=O) groups excluding carboxylic acids is 1. The summed E-state index contributed by atoms with van der Waals surface area (Å²) in [5.41, 5.74) is 1.07. The Morgan fingerprint density at radius 1 is 1.33 bits per heavy atom. The van der Waals surface area contributed by atoms with Gasteiger partial charge in [0.1, 0.15) is 12.2 Å². The summed E-state index contributed by atoms with van der Waals surface area (Å²) in [4.78, 5) is 21.8. The van der Waals surface area contributed by atoms with Crippen molar-refractivity contribution in [1.29, 1.82) is 5.26 Å². The zero-order chi connectivity index (χ0) is 14.7. The molecule has 1 aliphatic rings. The molecule has 104 valence electrons. The minimum Gasteiger partial charge on any atom is -0.471 e. The zero-order valence-corrected chi connectivity index (χ0v) is 11.1. The van der Waals surface area contributed by atoms with Crippen LogP contribution in [0.1, 0.15) is 15.9 Å². The van der Waals surface area contributed by atoms with E-state index in [2.05, 4.69) is 9.97 Å². The smallest absolute Gasteiger partial charge is 0.255 e. The molecule has 1 aliphatic heterocycles. The van der Waals surface area contributed by atoms with Crippen LogP contribution in [-0.4, -0.2) is 40.0 Å². The second kappa shape index (κ2) is 5.59. The number of hydrogen-bond acceptors (Lipinski definition) is 5. The molecule has 6 heteroatoms. The Morgan fingerprint density at radius 2 is 2.19 bits per heavy atom. The highest BCUT2D eigenvalue weighted by Crippen LogP contribution is 2.18. The average Bonchev–Trinajstić information content (AvgIpc) is 2.51. The maximum Gasteiger partial charge on any atom is 0.255 e. The molecule has 0 unspecified atom stereocenters. The molecule has 0 aromatic carbocycles. The summed E-state index contributed by atoms with van der Waals surface area (Å²) in [5, 5.41) is 8.69. The van der Waals surface area contributed by atoms with E-state index in [1.807, 2.05) is 6.07 Å². The lowest BCUT2D eigenvalue weighted by Gasteiger charge is -2.38. The Bertz CT molecular complexity index is 673. The van der Waals surface area contributed by atoms with Gasteiger partial charge in [-0.2, -0.15) is 5.26 Å². The van der Waals surface area contributed by atoms with Crippen molar-refractivity contribution in [1.82, 2.24) is 14.9 Å². The van der Waals surface area contributed by atoms with Crippen molar-refractivity contribution >= 4 is 5.91 Å². The number of carbonyl (C=O) groups is 1. The number of aromatic nitrogens is 2. The highest BCUT2D eigenvalue weighted by Gasteiger charge is 2.33. The number of ether oxygens (including phenoxy) is 1. The molecule has 0 radical (unpaired) electrons. The van der Waals surface area contributed by atoms with Gasteiger partial charge in [-0.3, -0.25) is 9.78 Å². The highest BCUT2D eigenvalue weighted by molar-refractivity contribution is 5.94. The number of hydrogen-bond donors (Lipinski definition) is 0. The number of nitriles is 1. The van der Waals surface area contributed by atoms with Crippen LogP contribution in [0.3, 0.4) is 0 Å². The normalized spacial score (nSPS) is 14.1. The van der Waals surface area contributed by atoms with Crippen LogP contribution < -0.4 is 4.74 Å². The minimum atomic E-state index is -0.0638. The fraction of sp³-hybridized carbons (Fsp3) is 0.200. The van der Waals surface area contributed by atoms with E-state index in [4.69, 9.17) is 10.00 Å². The second-order valence-corrected chi connectivity index (χ2v) is 4.69. The Hall–Kier alpha value is -2.94. The summed E-state index contributed by atoms with van der Waals surface area (Å²) < 4.78 is 5.64. The Morgan fingerprint density at radius 3 is 2.81 bits per heavy atom. The van der Waals surface area contributed by atoms with E-state index in [9.17, 15) is 4.79 Å². The minimum absolute atomic E-state index is 0.0456. The van der Waals surface area contributed by atoms with Crippen LogP contribution in [-0.2, 0) is 0 Å². The molecule has 0 bridgehead atoms. The summed E-state index contributed by atoms with van der Waals surface area (Å²) in [5.74, 6) is 0.420. The van der Waals surface area contributed by atoms with Crippen LogP contribution in [0.2, 0.25) is 0 Å². The molecule has 2 aromatic rings. The van der Waals surface area contributed by atoms with Gasteiger partial charge in [0.25, 0.3) is 5.91 Å². The number of rotatable bonds is 3. The number of pyridine rings is 2. The molecular formula is C15H12N4O2. The van der Waals surface area contributed by atoms with Crippen LogP contribution in [0.15, 0.2) is 42.9 Å². The molecule has 0 aliphatic carbocycles. The van der Waals surface area contributed by atoms with Crippen molar-refractivity contribution in [3.8, 4) is 11.9 Å². The first-order valence-electron chi connectivity index (χ1n) is 6.48. The lowest BCUT2D eigenvalue weighted by atomic mass is 10.1. The van der Waals surface area contributed by atoms with Gasteiger partial charge in [-0.1, -0.05) is 0 Å². The molecule has 6 nitrogen and oxygen atoms in total. The monoisotopic (exact) mass is 280 g/mol. The van der Waals surface area contributed by atoms with Crippen LogP contribution >= 0.6 is 0 Å². The van der Waals surface area contributed by atoms with E-state index in [0.717, 1.165) is 0 Å². The van der Waals surface area contributed by atoms with E-state index >= 15 is 0 Å². The third-order valence-corrected chi connectivity index (χ3v) is 3.20. The van der Waals surface area contributed by atoms with Crippen molar-refractivity contribution < 1.29 is 9.53 Å². The summed E-state index contributed by atoms with van der Waals surface area (Å²) in [6.45, 7) is 1.05. The average molecular weight is 280 g/mol. The maximum absolute atomic E-state index is 12.1. The van der Waals surface area contributed by atoms with E-state index in [1.165, 1.54) is 6.20 Å². The third kappa shape index (κ3) is 2.82. The summed E-state index contributed by atoms with van der Waals surface area (Å²) in [6, 6.07) is 8.79. The topological polar surface area (TPSA) is 79.1 Å². The van der Waals surface area contributed by atoms with E-state index < -0.39 is 0 Å². The van der Waals surface area contributed by atoms with Crippen molar-refractivity contribution in [3.63, 3.8) is 0 Å². The van der Waals surface area contributed by atoms with Gasteiger partial charge in [0, 0.05) is 24.7 Å². The summed E-state index contributed by atoms with van der Waals surface area (Å²) in [7, 11) is 0. The van der Waals surface area contributed by atoms with Gasteiger partial charge >= 0.3 is 0 Å². The predicted octanol–water partition coefficient (Wildman–Crippen LogP) is 1.25. The molecular weight excluding hydrogens is 268 g/mol. The highest BCUT2D eigenvalue weighted by atomic mass is 16.5. The molecule has 3 heterocycles. The fourth-order valence-corrected chi connectivity index (χ4v) is 2.04. The van der Waals surface area contributed by atoms with Crippen LogP contribution in [0, 0.1) is 11.3 Å². The molecule has 1 saturated heterocycles. The zero-order valence-electron chi connectivity index (χ0n) is 11.1. The molecule has 0 spiro atoms. The largest absolute Gasteiger partial charge is 0.471 e. The molecule has 1 fully saturated rings. The maximum atomic E-state index is 12.1. The first-order valence-corrected chi connectivity index (χ1v) is 6.48. The molecule has 0 N–H and O–H groups in total. The molecule has 1 amide bonds. The van der Waals surface area contributed by atoms with Crippen LogP contribution in [0.4, 0.5) is 0 Å². The van der Waals surface area contributed by atoms with Gasteiger partial charge < -0.3 is 9.64 Å². The van der Waals surface area contributed by atoms with Crippen molar-refractivity contribution in [2.45, 2.75) is 6.10 Å². The Labute approximate surface area is 121 Å². The fourth-order valence-electron chi connectivity index (χ4n) is 2.04. The lowest BCUT2D eigenvalue weighted by molar-refractivity contribution is 0.0160. The van der Waals surface area contributed by atoms with Gasteiger partial charge in [-0.25, -0.2) is 4.98 Å². The SMILES string of the molecule is N#Cc1ccc(OC2CN(C(=O)c3cccnc3)C2)nc1. The molecule has 2 aromatic heterocycles. The van der Waals surface area contributed by atoms with E-state index in [-0.39, 0.29) is 12.0 Å². The first-order chi connectivity index (χ1) is 10.3. The number of amides is 1. The quantitative estimate of drug-likeness (QED) is 0.845. The van der Waals surface area contributed by atoms with Crippen molar-refractivity contribution in [3.05, 3.63) is 54.0 Å². The molecule has 3 rings (SSSR count). The summed E-state index contributed by atoms with van der Waals surface area (Å²) >= 11 is 0. The van der Waals surface area contributed by atoms with Gasteiger partial charge in [0.2, 0.25) is 5.88 Å². The van der Waals surface area contributed by atoms with Crippen molar-refractivity contribution in [2.75, 3.05) is 13.1 Å². The van der Waals surface area contributed by atoms with Crippen LogP contribution in [0.5, 0.6) is 5.88 Å². The lowest BCUT2D eigenvalue weighted by Crippen LogP contribution is -2.56. The molecule has 0 atom stereocenters. The van der Waals surface area contributed by atoms with E-state index in [1.54, 1.807) is 41.6 Å². The Balaban J connectivity index is 1.54. The van der Waals surface area contributed by atoms with Gasteiger partial charge in [0.05, 0.1) is 24.2 Å². The predicted molar refractivity (Wildman–Crippen MR) is 73.5 cm³/mol. The van der Waals surface area contributed by atoms with Crippen LogP contribution in [0.25, 0.3) is 0 Å². The second-order valence-electron chi connectivity index (χ2n) is 4.69. The van der Waals surface area contributed by atoms with Gasteiger partial charge in [-0.05, 0) is 18.2 Å². The summed E-state index contributed by atoms with van der Waals surface area (Å²) in [6.07, 6.45) is 4.59. The van der Waals surface area contributed by atoms with Crippen molar-refractivity contribution in [2.24, 2.45) is 0 Å². The number of likely N-dealkylation sites (tertiary alicyclic amines) is 1. The Kier molecular flexibility index (Phi) is 3.48. The van der Waals surface area contributed by atoms with Gasteiger partial charge in [0.15, 0.2) is 0 Å². The van der Waals surface area contributed by atoms with Gasteiger partial charge in [-0.15, -0.1) is 0 Å². The standard InChI is InChI=1S/C15H12N4O2/c16-6-11-3-4-14(18-7-11)21-13-9-19(10-13)15(20)12-2-1-5-17-8-12/h1-5,7-8,13H,9-10H2. The first kappa shape index (κ1) is 13.1. The number of nitrogens with zero attached hydrogens (tertiary/aromatic N) is 4. The third-order valence-electron chi connectivity index (χ3n) is 3.20. The molecule has 21 heavy (non-hydrogen) atoms. The molecule has 0 saturated carbocycles.